The van der Waals surface area contributed by atoms with Crippen LogP contribution < -0.4 is 5.32 Å². The first-order chi connectivity index (χ1) is 10.2. The molecule has 1 saturated heterocycles. The number of ether oxygens (including phenoxy) is 1. The molecule has 1 aliphatic rings. The summed E-state index contributed by atoms with van der Waals surface area (Å²) in [5, 5.41) is 4.90. The molecular weight excluding hydrogens is 305 g/mol. The number of nitrogens with one attached hydrogen (secondary N) is 1. The van der Waals surface area contributed by atoms with Gasteiger partial charge < -0.3 is 10.1 Å². The molecule has 1 fully saturated rings. The molecule has 0 radical (unpaired) electrons. The van der Waals surface area contributed by atoms with Gasteiger partial charge in [-0.25, -0.2) is 0 Å². The summed E-state index contributed by atoms with van der Waals surface area (Å²) < 4.78 is 5.84. The van der Waals surface area contributed by atoms with Gasteiger partial charge in [-0.1, -0.05) is 42.3 Å². The van der Waals surface area contributed by atoms with Gasteiger partial charge in [0.25, 0.3) is 0 Å². The van der Waals surface area contributed by atoms with Crippen molar-refractivity contribution < 1.29 is 4.74 Å². The van der Waals surface area contributed by atoms with E-state index in [4.69, 9.17) is 27.9 Å². The SMILES string of the molecule is CCCNC(CCC1CCCCO1)c1cccc(Cl)c1Cl. The van der Waals surface area contributed by atoms with Crippen LogP contribution in [-0.4, -0.2) is 19.3 Å². The highest BCUT2D eigenvalue weighted by Crippen LogP contribution is 2.33. The first kappa shape index (κ1) is 17.1. The van der Waals surface area contributed by atoms with E-state index in [1.807, 2.05) is 12.1 Å². The summed E-state index contributed by atoms with van der Waals surface area (Å²) in [5.41, 5.74) is 1.11. The van der Waals surface area contributed by atoms with Crippen LogP contribution in [0.5, 0.6) is 0 Å². The molecule has 1 aromatic carbocycles. The molecule has 118 valence electrons. The van der Waals surface area contributed by atoms with E-state index < -0.39 is 0 Å². The molecule has 2 nitrogen and oxygen atoms in total. The molecule has 0 amide bonds. The summed E-state index contributed by atoms with van der Waals surface area (Å²) in [5.74, 6) is 0. The molecule has 0 aliphatic carbocycles. The van der Waals surface area contributed by atoms with Crippen LogP contribution in [0.4, 0.5) is 0 Å². The molecule has 1 aliphatic heterocycles. The number of hydrogen-bond acceptors (Lipinski definition) is 2. The van der Waals surface area contributed by atoms with E-state index in [9.17, 15) is 0 Å². The van der Waals surface area contributed by atoms with Gasteiger partial charge in [0, 0.05) is 12.6 Å². The number of halogens is 2. The van der Waals surface area contributed by atoms with Gasteiger partial charge in [-0.3, -0.25) is 0 Å². The molecule has 2 unspecified atom stereocenters. The number of rotatable bonds is 7. The normalized spacial score (nSPS) is 20.4. The molecule has 1 heterocycles. The average molecular weight is 330 g/mol. The topological polar surface area (TPSA) is 21.3 Å². The quantitative estimate of drug-likeness (QED) is 0.724. The molecule has 1 aromatic rings. The monoisotopic (exact) mass is 329 g/mol. The highest BCUT2D eigenvalue weighted by atomic mass is 35.5. The standard InChI is InChI=1S/C17H25Cl2NO/c1-2-11-20-16(10-9-13-6-3-4-12-21-13)14-7-5-8-15(18)17(14)19/h5,7-8,13,16,20H,2-4,6,9-12H2,1H3. The summed E-state index contributed by atoms with van der Waals surface area (Å²) in [7, 11) is 0. The largest absolute Gasteiger partial charge is 0.378 e. The summed E-state index contributed by atoms with van der Waals surface area (Å²) >= 11 is 12.5. The Morgan fingerprint density at radius 3 is 2.90 bits per heavy atom. The molecular formula is C17H25Cl2NO. The van der Waals surface area contributed by atoms with E-state index in [1.54, 1.807) is 0 Å². The van der Waals surface area contributed by atoms with Crippen molar-refractivity contribution in [3.8, 4) is 0 Å². The van der Waals surface area contributed by atoms with E-state index in [0.717, 1.165) is 38.0 Å². The van der Waals surface area contributed by atoms with Crippen LogP contribution >= 0.6 is 23.2 Å². The molecule has 0 spiro atoms. The molecule has 0 saturated carbocycles. The number of benzene rings is 1. The molecule has 21 heavy (non-hydrogen) atoms. The van der Waals surface area contributed by atoms with E-state index in [2.05, 4.69) is 18.3 Å². The van der Waals surface area contributed by atoms with Crippen molar-refractivity contribution in [3.63, 3.8) is 0 Å². The minimum atomic E-state index is 0.252. The zero-order chi connectivity index (χ0) is 15.1. The third-order valence-electron chi connectivity index (χ3n) is 4.05. The van der Waals surface area contributed by atoms with Crippen molar-refractivity contribution in [3.05, 3.63) is 33.8 Å². The van der Waals surface area contributed by atoms with Crippen LogP contribution in [0, 0.1) is 0 Å². The van der Waals surface area contributed by atoms with Crippen molar-refractivity contribution in [2.75, 3.05) is 13.2 Å². The third-order valence-corrected chi connectivity index (χ3v) is 4.88. The highest BCUT2D eigenvalue weighted by molar-refractivity contribution is 6.42. The minimum Gasteiger partial charge on any atom is -0.378 e. The number of hydrogen-bond donors (Lipinski definition) is 1. The van der Waals surface area contributed by atoms with Gasteiger partial charge in [0.2, 0.25) is 0 Å². The predicted molar refractivity (Wildman–Crippen MR) is 90.3 cm³/mol. The first-order valence-corrected chi connectivity index (χ1v) is 8.77. The first-order valence-electron chi connectivity index (χ1n) is 8.01. The van der Waals surface area contributed by atoms with Crippen molar-refractivity contribution in [2.45, 2.75) is 57.6 Å². The Morgan fingerprint density at radius 2 is 2.19 bits per heavy atom. The fourth-order valence-electron chi connectivity index (χ4n) is 2.86. The van der Waals surface area contributed by atoms with Crippen LogP contribution in [0.15, 0.2) is 18.2 Å². The highest BCUT2D eigenvalue weighted by Gasteiger charge is 2.19. The zero-order valence-corrected chi connectivity index (χ0v) is 14.2. The second-order valence-corrected chi connectivity index (χ2v) is 6.50. The fraction of sp³-hybridized carbons (Fsp3) is 0.647. The Hall–Kier alpha value is -0.280. The Kier molecular flexibility index (Phi) is 7.31. The second-order valence-electron chi connectivity index (χ2n) is 5.72. The molecule has 4 heteroatoms. The van der Waals surface area contributed by atoms with Gasteiger partial charge in [-0.2, -0.15) is 0 Å². The minimum absolute atomic E-state index is 0.252. The maximum Gasteiger partial charge on any atom is 0.0640 e. The van der Waals surface area contributed by atoms with Crippen molar-refractivity contribution in [1.82, 2.24) is 5.32 Å². The van der Waals surface area contributed by atoms with Gasteiger partial charge >= 0.3 is 0 Å². The predicted octanol–water partition coefficient (Wildman–Crippen LogP) is 5.38. The Labute approximate surface area is 138 Å². The summed E-state index contributed by atoms with van der Waals surface area (Å²) in [6.45, 7) is 4.07. The van der Waals surface area contributed by atoms with Crippen LogP contribution in [-0.2, 0) is 4.74 Å². The van der Waals surface area contributed by atoms with Gasteiger partial charge in [0.15, 0.2) is 0 Å². The smallest absolute Gasteiger partial charge is 0.0640 e. The van der Waals surface area contributed by atoms with Crippen LogP contribution in [0.2, 0.25) is 10.0 Å². The Morgan fingerprint density at radius 1 is 1.33 bits per heavy atom. The summed E-state index contributed by atoms with van der Waals surface area (Å²) in [6.07, 6.45) is 7.29. The molecule has 0 aromatic heterocycles. The average Bonchev–Trinajstić information content (AvgIpc) is 2.52. The third kappa shape index (κ3) is 5.14. The van der Waals surface area contributed by atoms with E-state index >= 15 is 0 Å². The van der Waals surface area contributed by atoms with Crippen LogP contribution in [0.1, 0.15) is 57.1 Å². The maximum absolute atomic E-state index is 6.39. The van der Waals surface area contributed by atoms with Crippen LogP contribution in [0.25, 0.3) is 0 Å². The lowest BCUT2D eigenvalue weighted by molar-refractivity contribution is 0.00854. The van der Waals surface area contributed by atoms with Gasteiger partial charge in [0.1, 0.15) is 0 Å². The molecule has 2 atom stereocenters. The van der Waals surface area contributed by atoms with Gasteiger partial charge in [-0.15, -0.1) is 0 Å². The van der Waals surface area contributed by atoms with Gasteiger partial charge in [0.05, 0.1) is 16.1 Å². The maximum atomic E-state index is 6.39. The summed E-state index contributed by atoms with van der Waals surface area (Å²) in [4.78, 5) is 0. The van der Waals surface area contributed by atoms with Crippen molar-refractivity contribution in [2.24, 2.45) is 0 Å². The molecule has 2 rings (SSSR count). The molecule has 0 bridgehead atoms. The van der Waals surface area contributed by atoms with E-state index in [1.165, 1.54) is 19.3 Å². The Balaban J connectivity index is 2.01. The Bertz CT molecular complexity index is 433. The van der Waals surface area contributed by atoms with E-state index in [0.29, 0.717) is 16.1 Å². The lowest BCUT2D eigenvalue weighted by atomic mass is 9.97. The fourth-order valence-corrected chi connectivity index (χ4v) is 3.30. The van der Waals surface area contributed by atoms with Crippen LogP contribution in [0.3, 0.4) is 0 Å². The molecule has 1 N–H and O–H groups in total. The summed E-state index contributed by atoms with van der Waals surface area (Å²) in [6, 6.07) is 6.14. The van der Waals surface area contributed by atoms with E-state index in [-0.39, 0.29) is 6.04 Å². The lowest BCUT2D eigenvalue weighted by Crippen LogP contribution is -2.26. The second kappa shape index (κ2) is 8.99. The van der Waals surface area contributed by atoms with Crippen molar-refractivity contribution >= 4 is 23.2 Å². The lowest BCUT2D eigenvalue weighted by Gasteiger charge is -2.26. The van der Waals surface area contributed by atoms with Gasteiger partial charge in [-0.05, 0) is 56.7 Å². The zero-order valence-electron chi connectivity index (χ0n) is 12.7. The van der Waals surface area contributed by atoms with Crippen molar-refractivity contribution in [1.29, 1.82) is 0 Å².